The molecule has 0 aromatic rings. The molecule has 9 nitrogen and oxygen atoms in total. The van der Waals surface area contributed by atoms with Gasteiger partial charge in [0.1, 0.15) is 11.9 Å². The quantitative estimate of drug-likeness (QED) is 0.375. The molecule has 8 atom stereocenters. The Labute approximate surface area is 252 Å². The Kier molecular flexibility index (Phi) is 8.99. The van der Waals surface area contributed by atoms with E-state index in [1.807, 2.05) is 17.9 Å². The van der Waals surface area contributed by atoms with Crippen LogP contribution in [0, 0.1) is 34.0 Å². The molecule has 5 rings (SSSR count). The highest BCUT2D eigenvalue weighted by atomic mass is 16.5. The molecular formula is C33H54N4O5. The van der Waals surface area contributed by atoms with Gasteiger partial charge in [0, 0.05) is 75.5 Å². The lowest BCUT2D eigenvalue weighted by Crippen LogP contribution is -2.63. The summed E-state index contributed by atoms with van der Waals surface area (Å²) in [6.07, 6.45) is 4.33. The van der Waals surface area contributed by atoms with Crippen molar-refractivity contribution in [2.45, 2.75) is 72.0 Å². The average molecular weight is 587 g/mol. The third-order valence-electron chi connectivity index (χ3n) is 12.6. The molecule has 5 aliphatic rings. The van der Waals surface area contributed by atoms with Crippen molar-refractivity contribution in [1.29, 1.82) is 0 Å². The lowest BCUT2D eigenvalue weighted by atomic mass is 9.44. The van der Waals surface area contributed by atoms with E-state index in [0.29, 0.717) is 45.6 Å². The summed E-state index contributed by atoms with van der Waals surface area (Å²) in [5.41, 5.74) is -1.42. The monoisotopic (exact) mass is 586 g/mol. The van der Waals surface area contributed by atoms with E-state index < -0.39 is 23.0 Å². The summed E-state index contributed by atoms with van der Waals surface area (Å²) < 4.78 is 6.42. The fourth-order valence-corrected chi connectivity index (χ4v) is 9.33. The number of carbonyl (C=O) groups is 3. The van der Waals surface area contributed by atoms with Gasteiger partial charge in [-0.15, -0.1) is 6.58 Å². The van der Waals surface area contributed by atoms with Crippen LogP contribution in [0.5, 0.6) is 0 Å². The third-order valence-corrected chi connectivity index (χ3v) is 12.6. The van der Waals surface area contributed by atoms with Crippen LogP contribution in [0.15, 0.2) is 12.7 Å². The van der Waals surface area contributed by atoms with Crippen LogP contribution in [0.4, 0.5) is 0 Å². The van der Waals surface area contributed by atoms with Crippen LogP contribution in [-0.4, -0.2) is 127 Å². The maximum Gasteiger partial charge on any atom is 0.320 e. The number of carbonyl (C=O) groups excluding carboxylic acids is 3. The number of aliphatic hydroxyl groups excluding tert-OH is 1. The van der Waals surface area contributed by atoms with Gasteiger partial charge in [0.25, 0.3) is 0 Å². The van der Waals surface area contributed by atoms with Gasteiger partial charge in [-0.2, -0.15) is 0 Å². The molecule has 1 N–H and O–H groups in total. The Morgan fingerprint density at radius 1 is 1.00 bits per heavy atom. The molecule has 42 heavy (non-hydrogen) atoms. The summed E-state index contributed by atoms with van der Waals surface area (Å²) in [5, 5.41) is 11.7. The Balaban J connectivity index is 1.26. The summed E-state index contributed by atoms with van der Waals surface area (Å²) in [5.74, 6) is 0.0835. The van der Waals surface area contributed by atoms with Crippen LogP contribution in [0.25, 0.3) is 0 Å². The van der Waals surface area contributed by atoms with Gasteiger partial charge in [0.2, 0.25) is 5.91 Å². The summed E-state index contributed by atoms with van der Waals surface area (Å²) in [6.45, 7) is 19.5. The van der Waals surface area contributed by atoms with Gasteiger partial charge in [-0.1, -0.05) is 33.8 Å². The van der Waals surface area contributed by atoms with Crippen LogP contribution in [0.3, 0.4) is 0 Å². The second kappa shape index (κ2) is 11.9. The number of amides is 1. The SMILES string of the molecule is C=C[C@]1(C)C[C@@H](OC(=O)CN2CCN(C(=O)CN3CCN(C)CC3)CC2)[C@]2(C)[C@H](C)CC[C@]3(CCC(=O)[C@H]32)[C@@H](C)[C@@H]1O. The molecule has 2 saturated heterocycles. The minimum Gasteiger partial charge on any atom is -0.461 e. The first kappa shape index (κ1) is 31.6. The molecule has 2 heterocycles. The molecule has 236 valence electrons. The predicted octanol–water partition coefficient (Wildman–Crippen LogP) is 2.28. The van der Waals surface area contributed by atoms with Crippen LogP contribution in [0.1, 0.15) is 59.8 Å². The normalized spacial score (nSPS) is 42.0. The Morgan fingerprint density at radius 2 is 1.62 bits per heavy atom. The molecule has 0 aromatic heterocycles. The largest absolute Gasteiger partial charge is 0.461 e. The Hall–Kier alpha value is -1.81. The lowest BCUT2D eigenvalue weighted by molar-refractivity contribution is -0.207. The van der Waals surface area contributed by atoms with E-state index in [-0.39, 0.29) is 47.4 Å². The minimum atomic E-state index is -0.668. The summed E-state index contributed by atoms with van der Waals surface area (Å²) in [7, 11) is 2.11. The second-order valence-corrected chi connectivity index (χ2v) is 14.8. The minimum absolute atomic E-state index is 0.0457. The Bertz CT molecular complexity index is 1050. The number of aliphatic hydroxyl groups is 1. The van der Waals surface area contributed by atoms with Gasteiger partial charge in [-0.25, -0.2) is 0 Å². The van der Waals surface area contributed by atoms with E-state index in [1.165, 1.54) is 0 Å². The maximum atomic E-state index is 13.6. The number of hydrogen-bond donors (Lipinski definition) is 1. The molecule has 3 saturated carbocycles. The van der Waals surface area contributed by atoms with Gasteiger partial charge in [-0.3, -0.25) is 24.2 Å². The molecule has 0 aromatic carbocycles. The zero-order valence-corrected chi connectivity index (χ0v) is 26.6. The number of ether oxygens (including phenoxy) is 1. The van der Waals surface area contributed by atoms with Crippen molar-refractivity contribution in [3.8, 4) is 0 Å². The van der Waals surface area contributed by atoms with Gasteiger partial charge in [-0.05, 0) is 50.0 Å². The number of likely N-dealkylation sites (N-methyl/N-ethyl adjacent to an activating group) is 1. The zero-order chi connectivity index (χ0) is 30.4. The summed E-state index contributed by atoms with van der Waals surface area (Å²) in [4.78, 5) is 48.6. The zero-order valence-electron chi connectivity index (χ0n) is 26.6. The molecule has 5 fully saturated rings. The van der Waals surface area contributed by atoms with Gasteiger partial charge < -0.3 is 19.6 Å². The van der Waals surface area contributed by atoms with Crippen LogP contribution in [0.2, 0.25) is 0 Å². The highest BCUT2D eigenvalue weighted by Gasteiger charge is 2.68. The topological polar surface area (TPSA) is 93.6 Å². The number of ketones is 1. The van der Waals surface area contributed by atoms with Crippen LogP contribution >= 0.6 is 0 Å². The smallest absolute Gasteiger partial charge is 0.320 e. The van der Waals surface area contributed by atoms with Gasteiger partial charge >= 0.3 is 5.97 Å². The van der Waals surface area contributed by atoms with Crippen molar-refractivity contribution in [3.05, 3.63) is 12.7 Å². The molecule has 0 spiro atoms. The van der Waals surface area contributed by atoms with Crippen molar-refractivity contribution in [3.63, 3.8) is 0 Å². The summed E-state index contributed by atoms with van der Waals surface area (Å²) in [6, 6.07) is 0. The van der Waals surface area contributed by atoms with Crippen molar-refractivity contribution >= 4 is 17.7 Å². The molecule has 9 heteroatoms. The van der Waals surface area contributed by atoms with Gasteiger partial charge in [0.05, 0.1) is 19.2 Å². The molecule has 2 aliphatic heterocycles. The third kappa shape index (κ3) is 5.48. The maximum absolute atomic E-state index is 13.6. The van der Waals surface area contributed by atoms with Crippen molar-refractivity contribution < 1.29 is 24.2 Å². The number of piperazine rings is 2. The van der Waals surface area contributed by atoms with E-state index in [2.05, 4.69) is 49.1 Å². The second-order valence-electron chi connectivity index (χ2n) is 14.8. The average Bonchev–Trinajstić information content (AvgIpc) is 3.33. The predicted molar refractivity (Wildman–Crippen MR) is 162 cm³/mol. The molecular weight excluding hydrogens is 532 g/mol. The van der Waals surface area contributed by atoms with E-state index in [0.717, 1.165) is 45.4 Å². The van der Waals surface area contributed by atoms with E-state index in [9.17, 15) is 19.5 Å². The van der Waals surface area contributed by atoms with E-state index in [1.54, 1.807) is 0 Å². The first-order chi connectivity index (χ1) is 19.8. The fourth-order valence-electron chi connectivity index (χ4n) is 9.33. The van der Waals surface area contributed by atoms with Gasteiger partial charge in [0.15, 0.2) is 0 Å². The standard InChI is InChI=1S/C33H54N4O5/c1-7-31(4)20-26(32(5)23(2)8-10-33(24(3)30(31)41)11-9-25(38)29(32)33)42-28(40)22-36-16-18-37(19-17-36)27(39)21-35-14-12-34(6)13-15-35/h7,23-24,26,29-30,41H,1,8-22H2,2-6H3/t23-,24+,26-,29+,30+,31-,32+,33+/m1/s1. The highest BCUT2D eigenvalue weighted by molar-refractivity contribution is 5.85. The van der Waals surface area contributed by atoms with E-state index in [4.69, 9.17) is 4.74 Å². The molecule has 2 bridgehead atoms. The molecule has 0 unspecified atom stereocenters. The number of rotatable bonds is 6. The lowest BCUT2D eigenvalue weighted by Gasteiger charge is -2.61. The first-order valence-electron chi connectivity index (χ1n) is 16.3. The number of nitrogens with zero attached hydrogens (tertiary/aromatic N) is 4. The number of hydrogen-bond acceptors (Lipinski definition) is 8. The number of esters is 1. The molecule has 0 radical (unpaired) electrons. The van der Waals surface area contributed by atoms with Crippen LogP contribution in [-0.2, 0) is 19.1 Å². The first-order valence-corrected chi connectivity index (χ1v) is 16.3. The highest BCUT2D eigenvalue weighted by Crippen LogP contribution is 2.68. The molecule has 3 aliphatic carbocycles. The van der Waals surface area contributed by atoms with Crippen molar-refractivity contribution in [2.75, 3.05) is 72.5 Å². The van der Waals surface area contributed by atoms with Crippen LogP contribution < -0.4 is 0 Å². The fraction of sp³-hybridized carbons (Fsp3) is 0.848. The van der Waals surface area contributed by atoms with Crippen molar-refractivity contribution in [2.24, 2.45) is 34.0 Å². The number of Topliss-reactive ketones (excluding diaryl/α,β-unsaturated/α-hetero) is 1. The van der Waals surface area contributed by atoms with E-state index >= 15 is 0 Å². The Morgan fingerprint density at radius 3 is 2.26 bits per heavy atom. The molecule has 1 amide bonds. The van der Waals surface area contributed by atoms with Crippen molar-refractivity contribution in [1.82, 2.24) is 19.6 Å². The summed E-state index contributed by atoms with van der Waals surface area (Å²) >= 11 is 0.